The molecule has 0 radical (unpaired) electrons. The van der Waals surface area contributed by atoms with Crippen LogP contribution in [0.2, 0.25) is 0 Å². The van der Waals surface area contributed by atoms with Crippen LogP contribution < -0.4 is 0 Å². The standard InChI is InChI=1S/C51H32N4O/c1-4-14-33(15-5-1)38-28-39(36-24-27-44-43-21-11-13-23-47(43)56-48(44)32-36)30-40(29-38)55-45-22-12-10-20-41(45)42-26-25-37(31-46(42)55)51-53-49(34-16-6-2-7-17-34)52-50(54-51)35-18-8-3-9-19-35/h1-32H. The van der Waals surface area contributed by atoms with Crippen molar-refractivity contribution in [1.82, 2.24) is 19.5 Å². The Bertz CT molecular complexity index is 3180. The van der Waals surface area contributed by atoms with Gasteiger partial charge in [-0.25, -0.2) is 15.0 Å². The van der Waals surface area contributed by atoms with Crippen molar-refractivity contribution in [3.63, 3.8) is 0 Å². The number of nitrogens with zero attached hydrogens (tertiary/aromatic N) is 4. The van der Waals surface area contributed by atoms with Crippen LogP contribution in [0.4, 0.5) is 0 Å². The third-order valence-electron chi connectivity index (χ3n) is 10.6. The van der Waals surface area contributed by atoms with E-state index in [1.165, 1.54) is 5.39 Å². The lowest BCUT2D eigenvalue weighted by Gasteiger charge is -2.14. The van der Waals surface area contributed by atoms with Crippen LogP contribution in [0.25, 0.3) is 106 Å². The summed E-state index contributed by atoms with van der Waals surface area (Å²) in [6, 6.07) is 67.6. The van der Waals surface area contributed by atoms with E-state index in [2.05, 4.69) is 126 Å². The van der Waals surface area contributed by atoms with Crippen LogP contribution >= 0.6 is 0 Å². The van der Waals surface area contributed by atoms with Gasteiger partial charge < -0.3 is 8.98 Å². The van der Waals surface area contributed by atoms with Crippen LogP contribution in [0.3, 0.4) is 0 Å². The predicted octanol–water partition coefficient (Wildman–Crippen LogP) is 13.2. The molecule has 3 heterocycles. The minimum absolute atomic E-state index is 0.620. The van der Waals surface area contributed by atoms with Gasteiger partial charge in [-0.1, -0.05) is 146 Å². The Balaban J connectivity index is 1.14. The van der Waals surface area contributed by atoms with E-state index in [-0.39, 0.29) is 0 Å². The first kappa shape index (κ1) is 31.9. The number of hydrogen-bond donors (Lipinski definition) is 0. The van der Waals surface area contributed by atoms with E-state index in [9.17, 15) is 0 Å². The van der Waals surface area contributed by atoms with Gasteiger partial charge in [0.05, 0.1) is 11.0 Å². The maximum absolute atomic E-state index is 6.35. The Kier molecular flexibility index (Phi) is 7.42. The highest BCUT2D eigenvalue weighted by atomic mass is 16.3. The molecule has 0 atom stereocenters. The van der Waals surface area contributed by atoms with Gasteiger partial charge in [0.2, 0.25) is 0 Å². The highest BCUT2D eigenvalue weighted by molar-refractivity contribution is 6.10. The average Bonchev–Trinajstić information content (AvgIpc) is 3.82. The fourth-order valence-electron chi connectivity index (χ4n) is 7.94. The van der Waals surface area contributed by atoms with Crippen LogP contribution in [-0.4, -0.2) is 19.5 Å². The molecule has 11 aromatic rings. The number of hydrogen-bond acceptors (Lipinski definition) is 4. The van der Waals surface area contributed by atoms with Gasteiger partial charge in [-0.05, 0) is 70.8 Å². The average molecular weight is 717 g/mol. The monoisotopic (exact) mass is 716 g/mol. The smallest absolute Gasteiger partial charge is 0.164 e. The molecule has 0 N–H and O–H groups in total. The largest absolute Gasteiger partial charge is 0.456 e. The third-order valence-corrected chi connectivity index (χ3v) is 10.6. The molecule has 56 heavy (non-hydrogen) atoms. The van der Waals surface area contributed by atoms with Crippen molar-refractivity contribution >= 4 is 43.7 Å². The van der Waals surface area contributed by atoms with Crippen molar-refractivity contribution in [2.24, 2.45) is 0 Å². The molecule has 8 aromatic carbocycles. The summed E-state index contributed by atoms with van der Waals surface area (Å²) < 4.78 is 8.73. The molecule has 0 aliphatic heterocycles. The molecule has 0 saturated heterocycles. The molecular formula is C51H32N4O. The normalized spacial score (nSPS) is 11.6. The van der Waals surface area contributed by atoms with Gasteiger partial charge in [-0.2, -0.15) is 0 Å². The Labute approximate surface area is 322 Å². The topological polar surface area (TPSA) is 56.7 Å². The van der Waals surface area contributed by atoms with Crippen molar-refractivity contribution < 1.29 is 4.42 Å². The molecule has 0 saturated carbocycles. The van der Waals surface area contributed by atoms with Gasteiger partial charge in [0.25, 0.3) is 0 Å². The minimum atomic E-state index is 0.620. The van der Waals surface area contributed by atoms with E-state index in [0.29, 0.717) is 17.5 Å². The summed E-state index contributed by atoms with van der Waals surface area (Å²) in [5.74, 6) is 1.89. The summed E-state index contributed by atoms with van der Waals surface area (Å²) in [6.07, 6.45) is 0. The first-order valence-electron chi connectivity index (χ1n) is 18.8. The number of furan rings is 1. The first-order valence-corrected chi connectivity index (χ1v) is 18.8. The molecule has 5 heteroatoms. The van der Waals surface area contributed by atoms with Crippen LogP contribution in [-0.2, 0) is 0 Å². The zero-order chi connectivity index (χ0) is 37.0. The number of para-hydroxylation sites is 2. The molecule has 262 valence electrons. The number of benzene rings is 8. The summed E-state index contributed by atoms with van der Waals surface area (Å²) >= 11 is 0. The van der Waals surface area contributed by atoms with Crippen molar-refractivity contribution in [1.29, 1.82) is 0 Å². The highest BCUT2D eigenvalue weighted by Crippen LogP contribution is 2.39. The molecule has 0 spiro atoms. The lowest BCUT2D eigenvalue weighted by molar-refractivity contribution is 0.669. The van der Waals surface area contributed by atoms with Crippen molar-refractivity contribution in [3.8, 4) is 62.1 Å². The van der Waals surface area contributed by atoms with E-state index in [1.807, 2.05) is 72.8 Å². The Morgan fingerprint density at radius 1 is 0.304 bits per heavy atom. The SMILES string of the molecule is c1ccc(-c2cc(-c3ccc4c(c3)oc3ccccc34)cc(-n3c4ccccc4c4ccc(-c5nc(-c6ccccc6)nc(-c6ccccc6)n5)cc43)c2)cc1. The van der Waals surface area contributed by atoms with Crippen LogP contribution in [0.5, 0.6) is 0 Å². The summed E-state index contributed by atoms with van der Waals surface area (Å²) in [6.45, 7) is 0. The van der Waals surface area contributed by atoms with E-state index in [0.717, 1.165) is 83.0 Å². The summed E-state index contributed by atoms with van der Waals surface area (Å²) in [5, 5.41) is 4.57. The predicted molar refractivity (Wildman–Crippen MR) is 229 cm³/mol. The van der Waals surface area contributed by atoms with E-state index < -0.39 is 0 Å². The van der Waals surface area contributed by atoms with Gasteiger partial charge in [0.1, 0.15) is 11.2 Å². The van der Waals surface area contributed by atoms with Crippen molar-refractivity contribution in [3.05, 3.63) is 194 Å². The van der Waals surface area contributed by atoms with E-state index in [4.69, 9.17) is 19.4 Å². The van der Waals surface area contributed by atoms with Crippen molar-refractivity contribution in [2.45, 2.75) is 0 Å². The quantitative estimate of drug-likeness (QED) is 0.172. The Hall–Kier alpha value is -7.63. The number of rotatable bonds is 6. The van der Waals surface area contributed by atoms with Gasteiger partial charge in [-0.3, -0.25) is 0 Å². The maximum Gasteiger partial charge on any atom is 0.164 e. The summed E-state index contributed by atoms with van der Waals surface area (Å²) in [4.78, 5) is 15.1. The van der Waals surface area contributed by atoms with Gasteiger partial charge in [0.15, 0.2) is 17.5 Å². The Morgan fingerprint density at radius 3 is 1.50 bits per heavy atom. The lowest BCUT2D eigenvalue weighted by atomic mass is 9.97. The van der Waals surface area contributed by atoms with Crippen molar-refractivity contribution in [2.75, 3.05) is 0 Å². The molecule has 0 amide bonds. The maximum atomic E-state index is 6.35. The molecule has 0 aliphatic carbocycles. The zero-order valence-electron chi connectivity index (χ0n) is 30.2. The second-order valence-corrected chi connectivity index (χ2v) is 14.1. The third kappa shape index (κ3) is 5.45. The van der Waals surface area contributed by atoms with Gasteiger partial charge >= 0.3 is 0 Å². The second kappa shape index (κ2) is 13.0. The van der Waals surface area contributed by atoms with Gasteiger partial charge in [0, 0.05) is 43.9 Å². The molecule has 5 nitrogen and oxygen atoms in total. The molecule has 11 rings (SSSR count). The number of fused-ring (bicyclic) bond motifs is 6. The summed E-state index contributed by atoms with van der Waals surface area (Å²) in [5.41, 5.74) is 12.3. The zero-order valence-corrected chi connectivity index (χ0v) is 30.2. The molecule has 0 fully saturated rings. The fourth-order valence-corrected chi connectivity index (χ4v) is 7.94. The van der Waals surface area contributed by atoms with E-state index in [1.54, 1.807) is 0 Å². The molecule has 0 bridgehead atoms. The van der Waals surface area contributed by atoms with Gasteiger partial charge in [-0.15, -0.1) is 0 Å². The molecule has 0 unspecified atom stereocenters. The minimum Gasteiger partial charge on any atom is -0.456 e. The lowest BCUT2D eigenvalue weighted by Crippen LogP contribution is -2.00. The van der Waals surface area contributed by atoms with Crippen LogP contribution in [0.1, 0.15) is 0 Å². The first-order chi connectivity index (χ1) is 27.7. The Morgan fingerprint density at radius 2 is 0.804 bits per heavy atom. The fraction of sp³-hybridized carbons (Fsp3) is 0. The number of aromatic nitrogens is 4. The molecule has 3 aromatic heterocycles. The second-order valence-electron chi connectivity index (χ2n) is 14.1. The highest BCUT2D eigenvalue weighted by Gasteiger charge is 2.18. The van der Waals surface area contributed by atoms with Crippen LogP contribution in [0.15, 0.2) is 199 Å². The molecular weight excluding hydrogens is 685 g/mol. The molecule has 0 aliphatic rings. The summed E-state index contributed by atoms with van der Waals surface area (Å²) in [7, 11) is 0. The van der Waals surface area contributed by atoms with Crippen LogP contribution in [0, 0.1) is 0 Å². The van der Waals surface area contributed by atoms with E-state index >= 15 is 0 Å².